The molecule has 0 bridgehead atoms. The molecule has 1 aliphatic rings. The van der Waals surface area contributed by atoms with Crippen LogP contribution in [0.1, 0.15) is 23.7 Å². The lowest BCUT2D eigenvalue weighted by atomic mass is 10.1. The smallest absolute Gasteiger partial charge is 0.253 e. The van der Waals surface area contributed by atoms with Crippen molar-refractivity contribution >= 4 is 23.2 Å². The van der Waals surface area contributed by atoms with E-state index in [1.165, 1.54) is 0 Å². The van der Waals surface area contributed by atoms with Crippen LogP contribution in [0.2, 0.25) is 5.02 Å². The van der Waals surface area contributed by atoms with Crippen molar-refractivity contribution in [2.24, 2.45) is 0 Å². The number of nitrogens with zero attached hydrogens (tertiary/aromatic N) is 5. The summed E-state index contributed by atoms with van der Waals surface area (Å²) in [7, 11) is 0. The molecule has 0 spiro atoms. The first-order chi connectivity index (χ1) is 14.7. The molecule has 0 radical (unpaired) electrons. The number of rotatable bonds is 6. The number of amides is 1. The third-order valence-corrected chi connectivity index (χ3v) is 5.43. The van der Waals surface area contributed by atoms with Crippen LogP contribution in [0.4, 0.5) is 5.69 Å². The predicted octanol–water partition coefficient (Wildman–Crippen LogP) is 3.67. The highest BCUT2D eigenvalue weighted by molar-refractivity contribution is 6.33. The number of halogens is 1. The van der Waals surface area contributed by atoms with Crippen LogP contribution < -0.4 is 9.64 Å². The lowest BCUT2D eigenvalue weighted by Gasteiger charge is -2.36. The Bertz CT molecular complexity index is 983. The van der Waals surface area contributed by atoms with Crippen molar-refractivity contribution in [1.29, 1.82) is 0 Å². The zero-order valence-electron chi connectivity index (χ0n) is 16.9. The molecular formula is C22H24ClN5O2. The van der Waals surface area contributed by atoms with Gasteiger partial charge in [-0.1, -0.05) is 18.5 Å². The van der Waals surface area contributed by atoms with Crippen LogP contribution in [0.25, 0.3) is 5.69 Å². The summed E-state index contributed by atoms with van der Waals surface area (Å²) in [5.74, 6) is 0.841. The summed E-state index contributed by atoms with van der Waals surface area (Å²) in [5.41, 5.74) is 2.57. The fourth-order valence-electron chi connectivity index (χ4n) is 3.49. The van der Waals surface area contributed by atoms with Crippen molar-refractivity contribution in [3.63, 3.8) is 0 Å². The van der Waals surface area contributed by atoms with E-state index in [2.05, 4.69) is 22.0 Å². The number of benzene rings is 2. The van der Waals surface area contributed by atoms with E-state index in [1.807, 2.05) is 51.9 Å². The summed E-state index contributed by atoms with van der Waals surface area (Å²) < 4.78 is 7.40. The second kappa shape index (κ2) is 9.17. The van der Waals surface area contributed by atoms with Gasteiger partial charge in [-0.2, -0.15) is 0 Å². The van der Waals surface area contributed by atoms with Crippen LogP contribution in [-0.2, 0) is 0 Å². The number of carbonyl (C=O) groups is 1. The zero-order chi connectivity index (χ0) is 20.9. The van der Waals surface area contributed by atoms with Crippen LogP contribution in [0, 0.1) is 0 Å². The number of aromatic nitrogens is 3. The molecule has 3 aromatic rings. The Labute approximate surface area is 180 Å². The second-order valence-electron chi connectivity index (χ2n) is 7.16. The maximum absolute atomic E-state index is 12.8. The molecule has 1 fully saturated rings. The highest BCUT2D eigenvalue weighted by Crippen LogP contribution is 2.29. The predicted molar refractivity (Wildman–Crippen MR) is 117 cm³/mol. The van der Waals surface area contributed by atoms with Crippen molar-refractivity contribution in [1.82, 2.24) is 19.7 Å². The van der Waals surface area contributed by atoms with Crippen molar-refractivity contribution in [2.75, 3.05) is 37.7 Å². The standard InChI is InChI=1S/C22H24ClN5O2/c1-2-13-30-19-6-3-17(4-7-19)22(29)27-11-9-26(10-12-27)21-8-5-18(14-20(21)23)28-15-24-25-16-28/h3-8,14-16H,2,9-13H2,1H3. The molecule has 8 heteroatoms. The molecule has 7 nitrogen and oxygen atoms in total. The SMILES string of the molecule is CCCOc1ccc(C(=O)N2CCN(c3ccc(-n4cnnc4)cc3Cl)CC2)cc1. The summed E-state index contributed by atoms with van der Waals surface area (Å²) in [6.07, 6.45) is 4.23. The average Bonchev–Trinajstić information content (AvgIpc) is 3.33. The first-order valence-electron chi connectivity index (χ1n) is 10.1. The number of hydrogen-bond acceptors (Lipinski definition) is 5. The van der Waals surface area contributed by atoms with E-state index in [1.54, 1.807) is 12.7 Å². The molecule has 0 saturated carbocycles. The minimum absolute atomic E-state index is 0.0470. The quantitative estimate of drug-likeness (QED) is 0.603. The Morgan fingerprint density at radius 3 is 2.37 bits per heavy atom. The highest BCUT2D eigenvalue weighted by Gasteiger charge is 2.23. The van der Waals surface area contributed by atoms with E-state index in [0.717, 1.165) is 36.6 Å². The molecule has 156 valence electrons. The van der Waals surface area contributed by atoms with E-state index in [-0.39, 0.29) is 5.91 Å². The second-order valence-corrected chi connectivity index (χ2v) is 7.56. The molecule has 0 atom stereocenters. The number of ether oxygens (including phenoxy) is 1. The first-order valence-corrected chi connectivity index (χ1v) is 10.4. The molecule has 1 aliphatic heterocycles. The number of hydrogen-bond donors (Lipinski definition) is 0. The Balaban J connectivity index is 1.37. The van der Waals surface area contributed by atoms with Crippen molar-refractivity contribution in [3.8, 4) is 11.4 Å². The Morgan fingerprint density at radius 1 is 1.03 bits per heavy atom. The topological polar surface area (TPSA) is 63.5 Å². The number of piperazine rings is 1. The summed E-state index contributed by atoms with van der Waals surface area (Å²) in [5, 5.41) is 8.32. The van der Waals surface area contributed by atoms with Crippen LogP contribution in [0.3, 0.4) is 0 Å². The van der Waals surface area contributed by atoms with Gasteiger partial charge in [0.1, 0.15) is 18.4 Å². The summed E-state index contributed by atoms with van der Waals surface area (Å²) in [4.78, 5) is 16.9. The van der Waals surface area contributed by atoms with Gasteiger partial charge in [0.05, 0.1) is 17.3 Å². The van der Waals surface area contributed by atoms with Gasteiger partial charge in [-0.05, 0) is 48.9 Å². The first kappa shape index (κ1) is 20.2. The molecule has 0 N–H and O–H groups in total. The summed E-state index contributed by atoms with van der Waals surface area (Å²) in [6, 6.07) is 13.3. The average molecular weight is 426 g/mol. The van der Waals surface area contributed by atoms with Gasteiger partial charge in [0, 0.05) is 37.4 Å². The van der Waals surface area contributed by atoms with Gasteiger partial charge >= 0.3 is 0 Å². The minimum atomic E-state index is 0.0470. The van der Waals surface area contributed by atoms with Crippen molar-refractivity contribution < 1.29 is 9.53 Å². The maximum atomic E-state index is 12.8. The fraction of sp³-hybridized carbons (Fsp3) is 0.318. The zero-order valence-corrected chi connectivity index (χ0v) is 17.6. The largest absolute Gasteiger partial charge is 0.494 e. The van der Waals surface area contributed by atoms with Gasteiger partial charge in [-0.15, -0.1) is 10.2 Å². The molecule has 1 aromatic heterocycles. The van der Waals surface area contributed by atoms with Crippen LogP contribution in [-0.4, -0.2) is 58.4 Å². The van der Waals surface area contributed by atoms with Crippen molar-refractivity contribution in [2.45, 2.75) is 13.3 Å². The molecular weight excluding hydrogens is 402 g/mol. The summed E-state index contributed by atoms with van der Waals surface area (Å²) in [6.45, 7) is 5.51. The van der Waals surface area contributed by atoms with Crippen LogP contribution in [0.5, 0.6) is 5.75 Å². The number of anilines is 1. The minimum Gasteiger partial charge on any atom is -0.494 e. The monoisotopic (exact) mass is 425 g/mol. The Hall–Kier alpha value is -3.06. The maximum Gasteiger partial charge on any atom is 0.253 e. The Kier molecular flexibility index (Phi) is 6.18. The van der Waals surface area contributed by atoms with Gasteiger partial charge in [0.15, 0.2) is 0 Å². The molecule has 0 aliphatic carbocycles. The van der Waals surface area contributed by atoms with Gasteiger partial charge in [0.2, 0.25) is 0 Å². The van der Waals surface area contributed by atoms with Crippen molar-refractivity contribution in [3.05, 3.63) is 65.7 Å². The normalized spacial score (nSPS) is 14.1. The van der Waals surface area contributed by atoms with Gasteiger partial charge in [0.25, 0.3) is 5.91 Å². The lowest BCUT2D eigenvalue weighted by molar-refractivity contribution is 0.0747. The molecule has 1 saturated heterocycles. The Morgan fingerprint density at radius 2 is 1.73 bits per heavy atom. The number of carbonyl (C=O) groups excluding carboxylic acids is 1. The molecule has 1 amide bonds. The van der Waals surface area contributed by atoms with Crippen LogP contribution >= 0.6 is 11.6 Å². The molecule has 30 heavy (non-hydrogen) atoms. The fourth-order valence-corrected chi connectivity index (χ4v) is 3.79. The van der Waals surface area contributed by atoms with Gasteiger partial charge in [-0.25, -0.2) is 0 Å². The summed E-state index contributed by atoms with van der Waals surface area (Å²) >= 11 is 6.54. The van der Waals surface area contributed by atoms with E-state index >= 15 is 0 Å². The molecule has 2 aromatic carbocycles. The van der Waals surface area contributed by atoms with Gasteiger partial charge in [-0.3, -0.25) is 9.36 Å². The lowest BCUT2D eigenvalue weighted by Crippen LogP contribution is -2.48. The molecule has 0 unspecified atom stereocenters. The molecule has 2 heterocycles. The highest BCUT2D eigenvalue weighted by atomic mass is 35.5. The van der Waals surface area contributed by atoms with Gasteiger partial charge < -0.3 is 14.5 Å². The molecule has 4 rings (SSSR count). The third-order valence-electron chi connectivity index (χ3n) is 5.13. The van der Waals surface area contributed by atoms with E-state index in [4.69, 9.17) is 16.3 Å². The van der Waals surface area contributed by atoms with E-state index < -0.39 is 0 Å². The van der Waals surface area contributed by atoms with E-state index in [9.17, 15) is 4.79 Å². The van der Waals surface area contributed by atoms with E-state index in [0.29, 0.717) is 30.3 Å². The third kappa shape index (κ3) is 4.41. The van der Waals surface area contributed by atoms with Crippen LogP contribution in [0.15, 0.2) is 55.1 Å².